The van der Waals surface area contributed by atoms with Gasteiger partial charge in [-0.05, 0) is 46.2 Å². The number of ether oxygens (including phenoxy) is 1. The lowest BCUT2D eigenvalue weighted by Gasteiger charge is -2.08. The van der Waals surface area contributed by atoms with Crippen LogP contribution in [0.4, 0.5) is 0 Å². The van der Waals surface area contributed by atoms with Crippen LogP contribution in [0.15, 0.2) is 66.7 Å². The van der Waals surface area contributed by atoms with Crippen molar-refractivity contribution in [2.45, 2.75) is 13.5 Å². The van der Waals surface area contributed by atoms with Gasteiger partial charge in [-0.2, -0.15) is 0 Å². The van der Waals surface area contributed by atoms with Gasteiger partial charge in [-0.1, -0.05) is 48.5 Å². The molecule has 0 aliphatic heterocycles. The zero-order valence-electron chi connectivity index (χ0n) is 11.9. The molecule has 3 rings (SSSR count). The largest absolute Gasteiger partial charge is 0.458 e. The number of hydrogen-bond donors (Lipinski definition) is 0. The number of carbonyl (C=O) groups is 1. The van der Waals surface area contributed by atoms with Gasteiger partial charge in [0.15, 0.2) is 0 Å². The van der Waals surface area contributed by atoms with E-state index >= 15 is 0 Å². The van der Waals surface area contributed by atoms with Crippen LogP contribution in [0.2, 0.25) is 0 Å². The fourth-order valence-electron chi connectivity index (χ4n) is 2.49. The van der Waals surface area contributed by atoms with Crippen LogP contribution in [0.25, 0.3) is 21.5 Å². The average Bonchev–Trinajstić information content (AvgIpc) is 2.51. The van der Waals surface area contributed by atoms with E-state index in [-0.39, 0.29) is 5.97 Å². The molecule has 3 aromatic rings. The molecule has 0 radical (unpaired) electrons. The third-order valence-electron chi connectivity index (χ3n) is 3.51. The molecule has 2 heteroatoms. The molecule has 0 N–H and O–H groups in total. The molecule has 0 atom stereocenters. The van der Waals surface area contributed by atoms with Gasteiger partial charge in [-0.15, -0.1) is 0 Å². The summed E-state index contributed by atoms with van der Waals surface area (Å²) in [5.74, 6) is -0.310. The van der Waals surface area contributed by atoms with Gasteiger partial charge in [0.1, 0.15) is 6.61 Å². The minimum atomic E-state index is -0.310. The number of allylic oxidation sites excluding steroid dienone is 1. The van der Waals surface area contributed by atoms with Gasteiger partial charge in [0, 0.05) is 6.08 Å². The molecule has 0 aromatic heterocycles. The molecule has 104 valence electrons. The van der Waals surface area contributed by atoms with E-state index < -0.39 is 0 Å². The minimum Gasteiger partial charge on any atom is -0.458 e. The molecule has 0 amide bonds. The fourth-order valence-corrected chi connectivity index (χ4v) is 2.49. The number of fused-ring (bicyclic) bond motifs is 2. The van der Waals surface area contributed by atoms with Gasteiger partial charge in [-0.3, -0.25) is 0 Å². The highest BCUT2D eigenvalue weighted by Crippen LogP contribution is 2.25. The monoisotopic (exact) mass is 276 g/mol. The Morgan fingerprint density at radius 1 is 1.00 bits per heavy atom. The summed E-state index contributed by atoms with van der Waals surface area (Å²) in [6, 6.07) is 18.7. The van der Waals surface area contributed by atoms with Crippen molar-refractivity contribution in [3.05, 3.63) is 72.3 Å². The zero-order valence-corrected chi connectivity index (χ0v) is 11.9. The first kappa shape index (κ1) is 13.4. The highest BCUT2D eigenvalue weighted by atomic mass is 16.5. The summed E-state index contributed by atoms with van der Waals surface area (Å²) in [5, 5.41) is 4.70. The van der Waals surface area contributed by atoms with Gasteiger partial charge in [0.2, 0.25) is 0 Å². The van der Waals surface area contributed by atoms with Gasteiger partial charge >= 0.3 is 5.97 Å². The molecule has 0 saturated carbocycles. The zero-order chi connectivity index (χ0) is 14.7. The Morgan fingerprint density at radius 2 is 1.71 bits per heavy atom. The molecule has 0 bridgehead atoms. The van der Waals surface area contributed by atoms with Gasteiger partial charge in [0.25, 0.3) is 0 Å². The summed E-state index contributed by atoms with van der Waals surface area (Å²) in [7, 11) is 0. The Bertz CT molecular complexity index is 831. The topological polar surface area (TPSA) is 26.3 Å². The Labute approximate surface area is 123 Å². The van der Waals surface area contributed by atoms with Crippen molar-refractivity contribution in [2.24, 2.45) is 0 Å². The van der Waals surface area contributed by atoms with Crippen molar-refractivity contribution >= 4 is 27.5 Å². The number of carbonyl (C=O) groups excluding carboxylic acids is 1. The number of rotatable bonds is 3. The molecule has 0 unspecified atom stereocenters. The number of esters is 1. The summed E-state index contributed by atoms with van der Waals surface area (Å²) in [6.07, 6.45) is 3.11. The van der Waals surface area contributed by atoms with Gasteiger partial charge in [-0.25, -0.2) is 4.79 Å². The molecule has 0 fully saturated rings. The molecule has 2 nitrogen and oxygen atoms in total. The first-order chi connectivity index (χ1) is 10.3. The van der Waals surface area contributed by atoms with Crippen LogP contribution in [-0.2, 0) is 16.1 Å². The van der Waals surface area contributed by atoms with Crippen LogP contribution in [0.1, 0.15) is 12.5 Å². The summed E-state index contributed by atoms with van der Waals surface area (Å²) < 4.78 is 5.26. The Hall–Kier alpha value is -2.61. The number of benzene rings is 3. The molecule has 0 heterocycles. The van der Waals surface area contributed by atoms with E-state index in [1.165, 1.54) is 16.8 Å². The lowest BCUT2D eigenvalue weighted by Crippen LogP contribution is -2.01. The van der Waals surface area contributed by atoms with Crippen LogP contribution < -0.4 is 0 Å². The first-order valence-electron chi connectivity index (χ1n) is 6.98. The molecule has 0 aliphatic rings. The fraction of sp³-hybridized carbons (Fsp3) is 0.105. The SMILES string of the molecule is CC=CC(=O)OCc1cccc2cc3ccccc3cc12. The van der Waals surface area contributed by atoms with Crippen LogP contribution in [0.5, 0.6) is 0 Å². The third-order valence-corrected chi connectivity index (χ3v) is 3.51. The molecule has 21 heavy (non-hydrogen) atoms. The maximum absolute atomic E-state index is 11.5. The van der Waals surface area contributed by atoms with Crippen LogP contribution in [-0.4, -0.2) is 5.97 Å². The van der Waals surface area contributed by atoms with Crippen molar-refractivity contribution in [3.8, 4) is 0 Å². The Morgan fingerprint density at radius 3 is 2.48 bits per heavy atom. The van der Waals surface area contributed by atoms with E-state index in [2.05, 4.69) is 30.3 Å². The summed E-state index contributed by atoms with van der Waals surface area (Å²) in [5.41, 5.74) is 1.02. The van der Waals surface area contributed by atoms with Crippen molar-refractivity contribution in [1.29, 1.82) is 0 Å². The van der Waals surface area contributed by atoms with E-state index in [4.69, 9.17) is 4.74 Å². The minimum absolute atomic E-state index is 0.291. The van der Waals surface area contributed by atoms with Gasteiger partial charge < -0.3 is 4.74 Å². The van der Waals surface area contributed by atoms with Crippen LogP contribution >= 0.6 is 0 Å². The van der Waals surface area contributed by atoms with Crippen molar-refractivity contribution in [1.82, 2.24) is 0 Å². The maximum atomic E-state index is 11.5. The molecular weight excluding hydrogens is 260 g/mol. The second-order valence-corrected chi connectivity index (χ2v) is 4.95. The third kappa shape index (κ3) is 2.79. The Balaban J connectivity index is 2.02. The van der Waals surface area contributed by atoms with Crippen LogP contribution in [0, 0.1) is 0 Å². The Kier molecular flexibility index (Phi) is 3.69. The second-order valence-electron chi connectivity index (χ2n) is 4.95. The maximum Gasteiger partial charge on any atom is 0.330 e. The molecule has 0 saturated heterocycles. The molecule has 0 spiro atoms. The normalized spacial score (nSPS) is 11.3. The first-order valence-corrected chi connectivity index (χ1v) is 6.98. The van der Waals surface area contributed by atoms with E-state index in [9.17, 15) is 4.79 Å². The van der Waals surface area contributed by atoms with E-state index in [0.29, 0.717) is 6.61 Å². The molecular formula is C19H16O2. The summed E-state index contributed by atoms with van der Waals surface area (Å²) in [4.78, 5) is 11.5. The summed E-state index contributed by atoms with van der Waals surface area (Å²) >= 11 is 0. The smallest absolute Gasteiger partial charge is 0.330 e. The van der Waals surface area contributed by atoms with Crippen molar-refractivity contribution in [2.75, 3.05) is 0 Å². The lowest BCUT2D eigenvalue weighted by atomic mass is 10.00. The quantitative estimate of drug-likeness (QED) is 0.396. The highest BCUT2D eigenvalue weighted by Gasteiger charge is 2.05. The summed E-state index contributed by atoms with van der Waals surface area (Å²) in [6.45, 7) is 2.09. The van der Waals surface area contributed by atoms with Crippen molar-refractivity contribution < 1.29 is 9.53 Å². The second kappa shape index (κ2) is 5.80. The average molecular weight is 276 g/mol. The standard InChI is InChI=1S/C19H16O2/c1-2-6-19(20)21-13-17-10-5-9-16-11-14-7-3-4-8-15(14)12-18(16)17/h2-12H,13H2,1H3. The predicted octanol–water partition coefficient (Wildman–Crippen LogP) is 4.61. The lowest BCUT2D eigenvalue weighted by molar-refractivity contribution is -0.138. The van der Waals surface area contributed by atoms with E-state index in [0.717, 1.165) is 16.3 Å². The molecule has 0 aliphatic carbocycles. The molecule has 3 aromatic carbocycles. The highest BCUT2D eigenvalue weighted by molar-refractivity contribution is 5.99. The van der Waals surface area contributed by atoms with Gasteiger partial charge in [0.05, 0.1) is 0 Å². The van der Waals surface area contributed by atoms with E-state index in [1.54, 1.807) is 13.0 Å². The van der Waals surface area contributed by atoms with Crippen molar-refractivity contribution in [3.63, 3.8) is 0 Å². The predicted molar refractivity (Wildman–Crippen MR) is 86.1 cm³/mol. The number of hydrogen-bond acceptors (Lipinski definition) is 2. The van der Waals surface area contributed by atoms with E-state index in [1.807, 2.05) is 24.3 Å². The van der Waals surface area contributed by atoms with Crippen LogP contribution in [0.3, 0.4) is 0 Å².